The lowest BCUT2D eigenvalue weighted by Crippen LogP contribution is -2.13. The van der Waals surface area contributed by atoms with Crippen LogP contribution < -0.4 is 14.8 Å². The normalized spacial score (nSPS) is 10.5. The average Bonchev–Trinajstić information content (AvgIpc) is 3.31. The Morgan fingerprint density at radius 3 is 2.62 bits per heavy atom. The monoisotopic (exact) mass is 407 g/mol. The molecule has 0 aliphatic rings. The fraction of sp³-hybridized carbons (Fsp3) is 0.235. The molecule has 0 spiro atoms. The van der Waals surface area contributed by atoms with Gasteiger partial charge in [0.2, 0.25) is 11.0 Å². The highest BCUT2D eigenvalue weighted by Gasteiger charge is 2.11. The fourth-order valence-corrected chi connectivity index (χ4v) is 4.55. The molecule has 0 atom stereocenters. The summed E-state index contributed by atoms with van der Waals surface area (Å²) in [5, 5.41) is 13.4. The van der Waals surface area contributed by atoms with Gasteiger partial charge < -0.3 is 14.8 Å². The van der Waals surface area contributed by atoms with E-state index in [0.717, 1.165) is 26.3 Å². The van der Waals surface area contributed by atoms with Gasteiger partial charge in [-0.3, -0.25) is 4.79 Å². The van der Waals surface area contributed by atoms with Gasteiger partial charge in [-0.15, -0.1) is 21.5 Å². The highest BCUT2D eigenvalue weighted by Crippen LogP contribution is 2.31. The zero-order valence-corrected chi connectivity index (χ0v) is 16.7. The van der Waals surface area contributed by atoms with E-state index in [1.807, 2.05) is 35.7 Å². The fourth-order valence-electron chi connectivity index (χ4n) is 2.15. The van der Waals surface area contributed by atoms with Crippen molar-refractivity contribution < 1.29 is 14.3 Å². The maximum Gasteiger partial charge on any atom is 0.231 e. The van der Waals surface area contributed by atoms with Crippen molar-refractivity contribution in [1.29, 1.82) is 0 Å². The van der Waals surface area contributed by atoms with E-state index in [0.29, 0.717) is 17.3 Å². The van der Waals surface area contributed by atoms with E-state index in [4.69, 9.17) is 9.47 Å². The second-order valence-electron chi connectivity index (χ2n) is 5.19. The first-order valence-electron chi connectivity index (χ1n) is 7.67. The number of methoxy groups -OCH3 is 2. The van der Waals surface area contributed by atoms with Crippen molar-refractivity contribution in [3.05, 3.63) is 46.2 Å². The van der Waals surface area contributed by atoms with Crippen molar-refractivity contribution in [1.82, 2.24) is 10.2 Å². The zero-order valence-electron chi connectivity index (χ0n) is 14.2. The summed E-state index contributed by atoms with van der Waals surface area (Å²) in [6, 6.07) is 9.62. The van der Waals surface area contributed by atoms with E-state index in [-0.39, 0.29) is 5.91 Å². The zero-order chi connectivity index (χ0) is 18.4. The van der Waals surface area contributed by atoms with Crippen LogP contribution in [-0.2, 0) is 17.0 Å². The van der Waals surface area contributed by atoms with Gasteiger partial charge in [-0.1, -0.05) is 29.2 Å². The number of hydrogen-bond donors (Lipinski definition) is 1. The summed E-state index contributed by atoms with van der Waals surface area (Å²) in [4.78, 5) is 13.0. The van der Waals surface area contributed by atoms with Crippen molar-refractivity contribution in [3.8, 4) is 11.5 Å². The Bertz CT molecular complexity index is 843. The van der Waals surface area contributed by atoms with Gasteiger partial charge in [-0.05, 0) is 29.1 Å². The highest BCUT2D eigenvalue weighted by molar-refractivity contribution is 8.00. The van der Waals surface area contributed by atoms with Crippen LogP contribution >= 0.6 is 34.4 Å². The minimum atomic E-state index is -0.0855. The predicted molar refractivity (Wildman–Crippen MR) is 106 cm³/mol. The molecule has 1 N–H and O–H groups in total. The molecule has 26 heavy (non-hydrogen) atoms. The van der Waals surface area contributed by atoms with Crippen LogP contribution in [0.3, 0.4) is 0 Å². The first-order chi connectivity index (χ1) is 12.7. The number of rotatable bonds is 8. The summed E-state index contributed by atoms with van der Waals surface area (Å²) in [5.74, 6) is 2.11. The molecule has 0 saturated carbocycles. The van der Waals surface area contributed by atoms with Crippen LogP contribution in [0.4, 0.5) is 5.13 Å². The number of amides is 1. The molecule has 9 heteroatoms. The van der Waals surface area contributed by atoms with Crippen LogP contribution in [-0.4, -0.2) is 30.3 Å². The maximum atomic E-state index is 12.0. The molecule has 1 aromatic carbocycles. The van der Waals surface area contributed by atoms with Gasteiger partial charge in [0.05, 0.1) is 20.6 Å². The Hall–Kier alpha value is -2.10. The Morgan fingerprint density at radius 2 is 1.96 bits per heavy atom. The second kappa shape index (κ2) is 9.02. The third kappa shape index (κ3) is 5.20. The number of nitrogens with zero attached hydrogens (tertiary/aromatic N) is 2. The van der Waals surface area contributed by atoms with Crippen LogP contribution in [0.1, 0.15) is 10.4 Å². The van der Waals surface area contributed by atoms with Crippen molar-refractivity contribution in [2.75, 3.05) is 19.5 Å². The second-order valence-corrected chi connectivity index (χ2v) is 8.42. The van der Waals surface area contributed by atoms with E-state index in [1.54, 1.807) is 37.3 Å². The van der Waals surface area contributed by atoms with E-state index in [2.05, 4.69) is 15.5 Å². The Balaban J connectivity index is 1.56. The van der Waals surface area contributed by atoms with Gasteiger partial charge in [0.25, 0.3) is 0 Å². The molecule has 0 aliphatic heterocycles. The number of carbonyl (C=O) groups excluding carboxylic acids is 1. The number of ether oxygens (including phenoxy) is 2. The average molecular weight is 408 g/mol. The molecule has 0 fully saturated rings. The van der Waals surface area contributed by atoms with Crippen LogP contribution in [0, 0.1) is 0 Å². The predicted octanol–water partition coefficient (Wildman–Crippen LogP) is 4.09. The molecular formula is C17H17N3O3S3. The van der Waals surface area contributed by atoms with Crippen molar-refractivity contribution >= 4 is 45.5 Å². The molecule has 2 aromatic heterocycles. The van der Waals surface area contributed by atoms with Crippen molar-refractivity contribution in [2.24, 2.45) is 0 Å². The van der Waals surface area contributed by atoms with E-state index in [1.165, 1.54) is 11.3 Å². The maximum absolute atomic E-state index is 12.0. The Labute approximate surface area is 163 Å². The number of benzene rings is 1. The molecule has 0 saturated heterocycles. The van der Waals surface area contributed by atoms with Gasteiger partial charge in [-0.25, -0.2) is 0 Å². The van der Waals surface area contributed by atoms with Crippen molar-refractivity contribution in [3.63, 3.8) is 0 Å². The van der Waals surface area contributed by atoms with Gasteiger partial charge in [0.15, 0.2) is 4.34 Å². The molecule has 0 radical (unpaired) electrons. The molecule has 2 heterocycles. The third-order valence-electron chi connectivity index (χ3n) is 3.34. The first-order valence-corrected chi connectivity index (χ1v) is 10.3. The summed E-state index contributed by atoms with van der Waals surface area (Å²) in [7, 11) is 3.25. The van der Waals surface area contributed by atoms with Crippen molar-refractivity contribution in [2.45, 2.75) is 16.5 Å². The molecule has 6 nitrogen and oxygen atoms in total. The summed E-state index contributed by atoms with van der Waals surface area (Å²) >= 11 is 4.47. The standard InChI is InChI=1S/C17H17N3O3S3/c1-22-12-6-11(7-13(8-12)23-2)10-25-17-20-19-16(26-17)18-15(21)9-14-4-3-5-24-14/h3-8H,9-10H2,1-2H3,(H,18,19,21). The first kappa shape index (κ1) is 18.7. The molecule has 3 rings (SSSR count). The van der Waals surface area contributed by atoms with Gasteiger partial charge in [0, 0.05) is 16.7 Å². The molecule has 0 unspecified atom stereocenters. The Morgan fingerprint density at radius 1 is 1.19 bits per heavy atom. The number of aromatic nitrogens is 2. The highest BCUT2D eigenvalue weighted by atomic mass is 32.2. The smallest absolute Gasteiger partial charge is 0.231 e. The number of anilines is 1. The number of thioether (sulfide) groups is 1. The van der Waals surface area contributed by atoms with E-state index >= 15 is 0 Å². The molecule has 0 bridgehead atoms. The lowest BCUT2D eigenvalue weighted by molar-refractivity contribution is -0.115. The lowest BCUT2D eigenvalue weighted by atomic mass is 10.2. The van der Waals surface area contributed by atoms with E-state index in [9.17, 15) is 4.79 Å². The molecular weight excluding hydrogens is 390 g/mol. The van der Waals surface area contributed by atoms with Crippen LogP contribution in [0.15, 0.2) is 40.1 Å². The van der Waals surface area contributed by atoms with Crippen LogP contribution in [0.25, 0.3) is 0 Å². The van der Waals surface area contributed by atoms with Crippen LogP contribution in [0.5, 0.6) is 11.5 Å². The number of nitrogens with one attached hydrogen (secondary N) is 1. The number of hydrogen-bond acceptors (Lipinski definition) is 8. The number of thiophene rings is 1. The summed E-state index contributed by atoms with van der Waals surface area (Å²) in [5.41, 5.74) is 1.06. The summed E-state index contributed by atoms with van der Waals surface area (Å²) < 4.78 is 11.3. The van der Waals surface area contributed by atoms with Crippen LogP contribution in [0.2, 0.25) is 0 Å². The topological polar surface area (TPSA) is 73.3 Å². The molecule has 3 aromatic rings. The summed E-state index contributed by atoms with van der Waals surface area (Å²) in [6.45, 7) is 0. The Kier molecular flexibility index (Phi) is 6.48. The van der Waals surface area contributed by atoms with Gasteiger partial charge >= 0.3 is 0 Å². The quantitative estimate of drug-likeness (QED) is 0.448. The lowest BCUT2D eigenvalue weighted by Gasteiger charge is -2.07. The molecule has 1 amide bonds. The van der Waals surface area contributed by atoms with Gasteiger partial charge in [0.1, 0.15) is 11.5 Å². The third-order valence-corrected chi connectivity index (χ3v) is 6.26. The largest absolute Gasteiger partial charge is 0.497 e. The van der Waals surface area contributed by atoms with E-state index < -0.39 is 0 Å². The minimum absolute atomic E-state index is 0.0855. The minimum Gasteiger partial charge on any atom is -0.497 e. The SMILES string of the molecule is COc1cc(CSc2nnc(NC(=O)Cc3cccs3)s2)cc(OC)c1. The molecule has 136 valence electrons. The summed E-state index contributed by atoms with van der Waals surface area (Å²) in [6.07, 6.45) is 0.351. The number of carbonyl (C=O) groups is 1. The molecule has 0 aliphatic carbocycles. The van der Waals surface area contributed by atoms with Gasteiger partial charge in [-0.2, -0.15) is 0 Å².